The van der Waals surface area contributed by atoms with E-state index in [-0.39, 0.29) is 18.4 Å². The number of nitrogens with one attached hydrogen (secondary N) is 1. The van der Waals surface area contributed by atoms with Crippen LogP contribution in [0, 0.1) is 5.41 Å². The van der Waals surface area contributed by atoms with Crippen molar-refractivity contribution in [3.05, 3.63) is 0 Å². The van der Waals surface area contributed by atoms with Crippen molar-refractivity contribution in [2.45, 2.75) is 40.5 Å². The first-order valence-electron chi connectivity index (χ1n) is 5.32. The minimum atomic E-state index is -0.469. The van der Waals surface area contributed by atoms with Crippen LogP contribution in [0.5, 0.6) is 0 Å². The normalized spacial score (nSPS) is 10.9. The molecule has 4 nitrogen and oxygen atoms in total. The van der Waals surface area contributed by atoms with Gasteiger partial charge >= 0.3 is 5.97 Å². The van der Waals surface area contributed by atoms with Gasteiger partial charge in [-0.25, -0.2) is 0 Å². The maximum absolute atomic E-state index is 11.4. The quantitative estimate of drug-likeness (QED) is 0.558. The van der Waals surface area contributed by atoms with E-state index in [4.69, 9.17) is 4.74 Å². The number of carbonyl (C=O) groups is 2. The molecule has 88 valence electrons. The van der Waals surface area contributed by atoms with E-state index in [0.717, 1.165) is 12.8 Å². The summed E-state index contributed by atoms with van der Waals surface area (Å²) in [5, 5.41) is 2.54. The fraction of sp³-hybridized carbons (Fsp3) is 0.818. The second-order valence-electron chi connectivity index (χ2n) is 4.51. The number of amides is 1. The van der Waals surface area contributed by atoms with Crippen LogP contribution >= 0.6 is 0 Å². The van der Waals surface area contributed by atoms with Crippen molar-refractivity contribution in [1.29, 1.82) is 0 Å². The summed E-state index contributed by atoms with van der Waals surface area (Å²) in [6.07, 6.45) is 1.85. The summed E-state index contributed by atoms with van der Waals surface area (Å²) in [5.41, 5.74) is -0.469. The van der Waals surface area contributed by atoms with Crippen LogP contribution in [-0.4, -0.2) is 25.0 Å². The molecule has 0 spiro atoms. The molecule has 0 aliphatic rings. The standard InChI is InChI=1S/C11H21NO3/c1-5-6-7-15-9(13)8-12-10(14)11(2,3)4/h5-8H2,1-4H3,(H,12,14). The molecule has 0 aliphatic heterocycles. The summed E-state index contributed by atoms with van der Waals surface area (Å²) in [7, 11) is 0. The molecule has 0 rings (SSSR count). The molecule has 0 unspecified atom stereocenters. The van der Waals surface area contributed by atoms with Gasteiger partial charge in [-0.2, -0.15) is 0 Å². The highest BCUT2D eigenvalue weighted by Crippen LogP contribution is 2.11. The lowest BCUT2D eigenvalue weighted by Gasteiger charge is -2.17. The molecule has 0 aromatic rings. The smallest absolute Gasteiger partial charge is 0.325 e. The van der Waals surface area contributed by atoms with Crippen LogP contribution in [0.1, 0.15) is 40.5 Å². The third-order valence-electron chi connectivity index (χ3n) is 1.84. The minimum absolute atomic E-state index is 0.0418. The Morgan fingerprint density at radius 1 is 1.27 bits per heavy atom. The Bertz CT molecular complexity index is 218. The largest absolute Gasteiger partial charge is 0.464 e. The van der Waals surface area contributed by atoms with Crippen molar-refractivity contribution >= 4 is 11.9 Å². The van der Waals surface area contributed by atoms with Crippen molar-refractivity contribution in [3.63, 3.8) is 0 Å². The van der Waals surface area contributed by atoms with Crippen molar-refractivity contribution in [2.24, 2.45) is 5.41 Å². The molecular weight excluding hydrogens is 194 g/mol. The number of unbranched alkanes of at least 4 members (excludes halogenated alkanes) is 1. The van der Waals surface area contributed by atoms with Crippen molar-refractivity contribution in [3.8, 4) is 0 Å². The molecule has 0 bridgehead atoms. The second-order valence-corrected chi connectivity index (χ2v) is 4.51. The van der Waals surface area contributed by atoms with Crippen LogP contribution in [0.15, 0.2) is 0 Å². The van der Waals surface area contributed by atoms with Gasteiger partial charge in [0.05, 0.1) is 6.61 Å². The SMILES string of the molecule is CCCCOC(=O)CNC(=O)C(C)(C)C. The maximum atomic E-state index is 11.4. The number of hydrogen-bond acceptors (Lipinski definition) is 3. The molecule has 0 heterocycles. The molecule has 0 aliphatic carbocycles. The lowest BCUT2D eigenvalue weighted by Crippen LogP contribution is -2.38. The highest BCUT2D eigenvalue weighted by Gasteiger charge is 2.21. The maximum Gasteiger partial charge on any atom is 0.325 e. The second kappa shape index (κ2) is 6.43. The van der Waals surface area contributed by atoms with E-state index < -0.39 is 5.41 Å². The number of rotatable bonds is 5. The zero-order valence-electron chi connectivity index (χ0n) is 10.1. The van der Waals surface area contributed by atoms with Gasteiger partial charge in [0.25, 0.3) is 0 Å². The minimum Gasteiger partial charge on any atom is -0.464 e. The fourth-order valence-electron chi connectivity index (χ4n) is 0.799. The Kier molecular flexibility index (Phi) is 5.97. The van der Waals surface area contributed by atoms with Crippen LogP contribution in [0.3, 0.4) is 0 Å². The van der Waals surface area contributed by atoms with Gasteiger partial charge in [-0.15, -0.1) is 0 Å². The predicted octanol–water partition coefficient (Wildman–Crippen LogP) is 1.49. The van der Waals surface area contributed by atoms with Gasteiger partial charge in [0.15, 0.2) is 0 Å². The molecular formula is C11H21NO3. The highest BCUT2D eigenvalue weighted by atomic mass is 16.5. The lowest BCUT2D eigenvalue weighted by molar-refractivity contribution is -0.144. The summed E-state index contributed by atoms with van der Waals surface area (Å²) < 4.78 is 4.89. The fourth-order valence-corrected chi connectivity index (χ4v) is 0.799. The van der Waals surface area contributed by atoms with E-state index in [1.54, 1.807) is 20.8 Å². The Morgan fingerprint density at radius 2 is 1.87 bits per heavy atom. The number of carbonyl (C=O) groups excluding carboxylic acids is 2. The van der Waals surface area contributed by atoms with E-state index in [0.29, 0.717) is 6.61 Å². The molecule has 0 saturated carbocycles. The van der Waals surface area contributed by atoms with Crippen LogP contribution in [0.2, 0.25) is 0 Å². The zero-order chi connectivity index (χ0) is 11.9. The van der Waals surface area contributed by atoms with Gasteiger partial charge in [0.1, 0.15) is 6.54 Å². The van der Waals surface area contributed by atoms with E-state index in [9.17, 15) is 9.59 Å². The summed E-state index contributed by atoms with van der Waals surface area (Å²) in [4.78, 5) is 22.5. The summed E-state index contributed by atoms with van der Waals surface area (Å²) in [5.74, 6) is -0.518. The van der Waals surface area contributed by atoms with Crippen LogP contribution < -0.4 is 5.32 Å². The van der Waals surface area contributed by atoms with Crippen molar-refractivity contribution < 1.29 is 14.3 Å². The van der Waals surface area contributed by atoms with Crippen molar-refractivity contribution in [1.82, 2.24) is 5.32 Å². The molecule has 1 amide bonds. The molecule has 0 fully saturated rings. The molecule has 0 aromatic carbocycles. The number of ether oxygens (including phenoxy) is 1. The first-order valence-corrected chi connectivity index (χ1v) is 5.32. The highest BCUT2D eigenvalue weighted by molar-refractivity contribution is 5.85. The van der Waals surface area contributed by atoms with E-state index >= 15 is 0 Å². The summed E-state index contributed by atoms with van der Waals surface area (Å²) in [6.45, 7) is 7.80. The molecule has 15 heavy (non-hydrogen) atoms. The third kappa shape index (κ3) is 6.94. The average molecular weight is 215 g/mol. The Balaban J connectivity index is 3.67. The molecule has 0 aromatic heterocycles. The molecule has 0 radical (unpaired) electrons. The Hall–Kier alpha value is -1.06. The molecule has 0 atom stereocenters. The van der Waals surface area contributed by atoms with Crippen molar-refractivity contribution in [2.75, 3.05) is 13.2 Å². The van der Waals surface area contributed by atoms with Gasteiger partial charge in [-0.1, -0.05) is 34.1 Å². The van der Waals surface area contributed by atoms with E-state index in [1.807, 2.05) is 6.92 Å². The average Bonchev–Trinajstić information content (AvgIpc) is 2.13. The van der Waals surface area contributed by atoms with Gasteiger partial charge in [0.2, 0.25) is 5.91 Å². The topological polar surface area (TPSA) is 55.4 Å². The predicted molar refractivity (Wildman–Crippen MR) is 58.3 cm³/mol. The van der Waals surface area contributed by atoms with Crippen LogP contribution in [0.4, 0.5) is 0 Å². The monoisotopic (exact) mass is 215 g/mol. The summed E-state index contributed by atoms with van der Waals surface area (Å²) in [6, 6.07) is 0. The first-order chi connectivity index (χ1) is 6.88. The van der Waals surface area contributed by atoms with Gasteiger partial charge < -0.3 is 10.1 Å². The van der Waals surface area contributed by atoms with E-state index in [2.05, 4.69) is 5.32 Å². The van der Waals surface area contributed by atoms with Gasteiger partial charge in [0, 0.05) is 5.41 Å². The van der Waals surface area contributed by atoms with Crippen LogP contribution in [0.25, 0.3) is 0 Å². The summed E-state index contributed by atoms with van der Waals surface area (Å²) >= 11 is 0. The number of esters is 1. The Labute approximate surface area is 91.4 Å². The lowest BCUT2D eigenvalue weighted by atomic mass is 9.96. The number of hydrogen-bond donors (Lipinski definition) is 1. The molecule has 0 saturated heterocycles. The van der Waals surface area contributed by atoms with Crippen LogP contribution in [-0.2, 0) is 14.3 Å². The molecule has 1 N–H and O–H groups in total. The van der Waals surface area contributed by atoms with Gasteiger partial charge in [-0.05, 0) is 6.42 Å². The van der Waals surface area contributed by atoms with Gasteiger partial charge in [-0.3, -0.25) is 9.59 Å². The zero-order valence-corrected chi connectivity index (χ0v) is 10.1. The first kappa shape index (κ1) is 13.9. The molecule has 4 heteroatoms. The van der Waals surface area contributed by atoms with E-state index in [1.165, 1.54) is 0 Å². The third-order valence-corrected chi connectivity index (χ3v) is 1.84. The Morgan fingerprint density at radius 3 is 2.33 bits per heavy atom.